The highest BCUT2D eigenvalue weighted by Gasteiger charge is 2.49. The molecule has 3 nitrogen and oxygen atoms in total. The van der Waals surface area contributed by atoms with Gasteiger partial charge in [0.25, 0.3) is 0 Å². The highest BCUT2D eigenvalue weighted by atomic mass is 35.5. The molecule has 0 spiro atoms. The van der Waals surface area contributed by atoms with Crippen LogP contribution in [0.15, 0.2) is 24.3 Å². The summed E-state index contributed by atoms with van der Waals surface area (Å²) in [5.74, 6) is -0.913. The summed E-state index contributed by atoms with van der Waals surface area (Å²) in [5, 5.41) is 2.88. The van der Waals surface area contributed by atoms with Crippen molar-refractivity contribution in [1.82, 2.24) is 10.2 Å². The van der Waals surface area contributed by atoms with Crippen LogP contribution in [0, 0.1) is 0 Å². The highest BCUT2D eigenvalue weighted by Crippen LogP contribution is 2.43. The number of piperazine rings is 1. The second-order valence-corrected chi connectivity index (χ2v) is 5.23. The predicted octanol–water partition coefficient (Wildman–Crippen LogP) is 4.28. The molecule has 12 heteroatoms. The molecule has 1 atom stereocenters. The number of hydrogen-bond donors (Lipinski definition) is 1. The van der Waals surface area contributed by atoms with E-state index in [1.54, 1.807) is 0 Å². The van der Waals surface area contributed by atoms with E-state index in [0.717, 1.165) is 23.1 Å². The molecular weight excluding hydrogens is 416 g/mol. The summed E-state index contributed by atoms with van der Waals surface area (Å²) in [6.45, 7) is 0.652. The van der Waals surface area contributed by atoms with Gasteiger partial charge < -0.3 is 10.1 Å². The van der Waals surface area contributed by atoms with Crippen molar-refractivity contribution in [2.45, 2.75) is 24.8 Å². The van der Waals surface area contributed by atoms with Gasteiger partial charge in [-0.1, -0.05) is 18.2 Å². The molecular formula is C14H17Cl2F7N2O. The Balaban J connectivity index is 0.00000312. The summed E-state index contributed by atoms with van der Waals surface area (Å²) in [7, 11) is 0. The number of para-hydroxylation sites is 1. The molecule has 0 bridgehead atoms. The first-order valence-electron chi connectivity index (χ1n) is 7.08. The van der Waals surface area contributed by atoms with Gasteiger partial charge in [0, 0.05) is 31.7 Å². The van der Waals surface area contributed by atoms with Crippen molar-refractivity contribution in [3.63, 3.8) is 0 Å². The largest absolute Gasteiger partial charge is 0.461 e. The Labute approximate surface area is 157 Å². The summed E-state index contributed by atoms with van der Waals surface area (Å²) in [5.41, 5.74) is -0.618. The Kier molecular flexibility index (Phi) is 9.45. The van der Waals surface area contributed by atoms with Crippen LogP contribution < -0.4 is 10.1 Å². The van der Waals surface area contributed by atoms with Gasteiger partial charge in [0.1, 0.15) is 11.8 Å². The maximum absolute atomic E-state index is 13.5. The molecule has 0 aliphatic carbocycles. The van der Waals surface area contributed by atoms with Crippen molar-refractivity contribution in [2.24, 2.45) is 0 Å². The molecule has 0 aromatic heterocycles. The molecule has 1 saturated heterocycles. The monoisotopic (exact) mass is 432 g/mol. The molecule has 26 heavy (non-hydrogen) atoms. The lowest BCUT2D eigenvalue weighted by molar-refractivity contribution is -0.254. The second kappa shape index (κ2) is 9.82. The molecule has 1 aliphatic rings. The minimum Gasteiger partial charge on any atom is -0.428 e. The van der Waals surface area contributed by atoms with Crippen molar-refractivity contribution >= 4 is 24.8 Å². The van der Waals surface area contributed by atoms with Crippen LogP contribution >= 0.6 is 24.8 Å². The molecule has 0 radical (unpaired) electrons. The maximum Gasteiger partial charge on any atom is 0.461 e. The summed E-state index contributed by atoms with van der Waals surface area (Å²) >= 11 is 0. The molecule has 1 heterocycles. The smallest absolute Gasteiger partial charge is 0.428 e. The standard InChI is InChI=1S/C14H15F7N2O.2ClH/c15-12(16)14(20,21)24-10-4-2-1-3-9(10)11(13(17,18)19)23-7-5-22-6-8-23;;/h1-4,11-12,22H,5-8H2;2*1H/t11-;;/m0../s1. The summed E-state index contributed by atoms with van der Waals surface area (Å²) in [4.78, 5) is 1.05. The Hall–Kier alpha value is -0.970. The van der Waals surface area contributed by atoms with Crippen molar-refractivity contribution in [2.75, 3.05) is 26.2 Å². The number of benzene rings is 1. The first-order valence-corrected chi connectivity index (χ1v) is 7.08. The zero-order valence-corrected chi connectivity index (χ0v) is 14.7. The van der Waals surface area contributed by atoms with E-state index in [1.165, 1.54) is 6.07 Å². The molecule has 0 saturated carbocycles. The predicted molar refractivity (Wildman–Crippen MR) is 85.8 cm³/mol. The number of rotatable bonds is 5. The average molecular weight is 433 g/mol. The van der Waals surface area contributed by atoms with Crippen LogP contribution in [0.1, 0.15) is 11.6 Å². The Morgan fingerprint density at radius 1 is 0.962 bits per heavy atom. The van der Waals surface area contributed by atoms with E-state index in [9.17, 15) is 30.7 Å². The van der Waals surface area contributed by atoms with E-state index in [2.05, 4.69) is 10.1 Å². The number of ether oxygens (including phenoxy) is 1. The lowest BCUT2D eigenvalue weighted by Gasteiger charge is -2.37. The third-order valence-electron chi connectivity index (χ3n) is 3.54. The number of nitrogens with zero attached hydrogens (tertiary/aromatic N) is 1. The Morgan fingerprint density at radius 3 is 2.00 bits per heavy atom. The van der Waals surface area contributed by atoms with E-state index in [1.807, 2.05) is 0 Å². The van der Waals surface area contributed by atoms with Gasteiger partial charge >= 0.3 is 18.7 Å². The fourth-order valence-corrected chi connectivity index (χ4v) is 2.51. The topological polar surface area (TPSA) is 24.5 Å². The van der Waals surface area contributed by atoms with Crippen LogP contribution in [0.25, 0.3) is 0 Å². The second-order valence-electron chi connectivity index (χ2n) is 5.23. The molecule has 0 amide bonds. The summed E-state index contributed by atoms with van der Waals surface area (Å²) in [6, 6.07) is 1.92. The third kappa shape index (κ3) is 6.04. The average Bonchev–Trinajstić information content (AvgIpc) is 2.48. The maximum atomic E-state index is 13.5. The van der Waals surface area contributed by atoms with E-state index in [-0.39, 0.29) is 37.9 Å². The normalized spacial score (nSPS) is 17.2. The fraction of sp³-hybridized carbons (Fsp3) is 0.571. The van der Waals surface area contributed by atoms with Gasteiger partial charge in [-0.25, -0.2) is 0 Å². The molecule has 1 aliphatic heterocycles. The number of alkyl halides is 7. The lowest BCUT2D eigenvalue weighted by Crippen LogP contribution is -2.49. The summed E-state index contributed by atoms with van der Waals surface area (Å²) < 4.78 is 95.3. The van der Waals surface area contributed by atoms with Crippen LogP contribution in [-0.4, -0.2) is 49.8 Å². The van der Waals surface area contributed by atoms with Crippen LogP contribution in [0.5, 0.6) is 5.75 Å². The van der Waals surface area contributed by atoms with Gasteiger partial charge in [0.2, 0.25) is 0 Å². The van der Waals surface area contributed by atoms with Crippen molar-refractivity contribution in [1.29, 1.82) is 0 Å². The van der Waals surface area contributed by atoms with Crippen LogP contribution in [-0.2, 0) is 0 Å². The zero-order chi connectivity index (χ0) is 18.0. The SMILES string of the molecule is Cl.Cl.FC(F)C(F)(F)Oc1ccccc1[C@H](N1CCNCC1)C(F)(F)F. The number of hydrogen-bond acceptors (Lipinski definition) is 3. The molecule has 2 rings (SSSR count). The van der Waals surface area contributed by atoms with E-state index >= 15 is 0 Å². The van der Waals surface area contributed by atoms with Crippen LogP contribution in [0.4, 0.5) is 30.7 Å². The molecule has 1 aromatic carbocycles. The molecule has 1 aromatic rings. The molecule has 152 valence electrons. The van der Waals surface area contributed by atoms with Crippen LogP contribution in [0.3, 0.4) is 0 Å². The van der Waals surface area contributed by atoms with Gasteiger partial charge in [0.05, 0.1) is 0 Å². The first-order chi connectivity index (χ1) is 11.1. The quantitative estimate of drug-likeness (QED) is 0.703. The zero-order valence-electron chi connectivity index (χ0n) is 13.1. The van der Waals surface area contributed by atoms with Crippen LogP contribution in [0.2, 0.25) is 0 Å². The van der Waals surface area contributed by atoms with E-state index in [0.29, 0.717) is 13.1 Å². The molecule has 0 unspecified atom stereocenters. The van der Waals surface area contributed by atoms with Crippen molar-refractivity contribution in [3.05, 3.63) is 29.8 Å². The van der Waals surface area contributed by atoms with Gasteiger partial charge in [-0.05, 0) is 6.07 Å². The Morgan fingerprint density at radius 2 is 1.50 bits per heavy atom. The number of halogens is 9. The molecule has 1 N–H and O–H groups in total. The Bertz CT molecular complexity index is 554. The van der Waals surface area contributed by atoms with Gasteiger partial charge in [-0.2, -0.15) is 30.7 Å². The van der Waals surface area contributed by atoms with Gasteiger partial charge in [-0.3, -0.25) is 4.90 Å². The molecule has 1 fully saturated rings. The van der Waals surface area contributed by atoms with Crippen molar-refractivity contribution in [3.8, 4) is 5.75 Å². The summed E-state index contributed by atoms with van der Waals surface area (Å²) in [6.07, 6.45) is -13.8. The van der Waals surface area contributed by atoms with E-state index < -0.39 is 36.1 Å². The van der Waals surface area contributed by atoms with Crippen molar-refractivity contribution < 1.29 is 35.5 Å². The van der Waals surface area contributed by atoms with Gasteiger partial charge in [-0.15, -0.1) is 24.8 Å². The first kappa shape index (κ1) is 25.0. The number of nitrogens with one attached hydrogen (secondary N) is 1. The third-order valence-corrected chi connectivity index (χ3v) is 3.54. The lowest BCUT2D eigenvalue weighted by atomic mass is 10.0. The highest BCUT2D eigenvalue weighted by molar-refractivity contribution is 5.85. The fourth-order valence-electron chi connectivity index (χ4n) is 2.51. The van der Waals surface area contributed by atoms with Gasteiger partial charge in [0.15, 0.2) is 0 Å². The van der Waals surface area contributed by atoms with E-state index in [4.69, 9.17) is 0 Å². The minimum absolute atomic E-state index is 0. The minimum atomic E-state index is -4.88.